The van der Waals surface area contributed by atoms with E-state index in [2.05, 4.69) is 20.4 Å². The molecule has 1 aliphatic carbocycles. The van der Waals surface area contributed by atoms with Gasteiger partial charge >= 0.3 is 0 Å². The van der Waals surface area contributed by atoms with Gasteiger partial charge in [0.05, 0.1) is 22.3 Å². The molecule has 0 aromatic carbocycles. The first-order valence-electron chi connectivity index (χ1n) is 8.68. The molecule has 1 amide bonds. The maximum Gasteiger partial charge on any atom is 0.237 e. The highest BCUT2D eigenvalue weighted by Crippen LogP contribution is 2.41. The van der Waals surface area contributed by atoms with E-state index in [1.54, 1.807) is 22.3 Å². The molecule has 3 aromatic heterocycles. The van der Waals surface area contributed by atoms with Gasteiger partial charge in [-0.05, 0) is 45.6 Å². The number of nitrogens with zero attached hydrogens (tertiary/aromatic N) is 4. The molecule has 0 spiro atoms. The zero-order valence-electron chi connectivity index (χ0n) is 15.3. The number of nitrogens with one attached hydrogen (secondary N) is 1. The fraction of sp³-hybridized carbons (Fsp3) is 0.444. The summed E-state index contributed by atoms with van der Waals surface area (Å²) in [5.74, 6) is -0.0344. The molecule has 0 radical (unpaired) electrons. The summed E-state index contributed by atoms with van der Waals surface area (Å²) in [6.07, 6.45) is 5.03. The third kappa shape index (κ3) is 2.91. The number of carbonyl (C=O) groups is 1. The third-order valence-corrected chi connectivity index (χ3v) is 7.18. The van der Waals surface area contributed by atoms with Gasteiger partial charge in [0.25, 0.3) is 0 Å². The van der Waals surface area contributed by atoms with Crippen molar-refractivity contribution in [2.45, 2.75) is 50.3 Å². The Bertz CT molecular complexity index is 1010. The predicted molar refractivity (Wildman–Crippen MR) is 106 cm³/mol. The van der Waals surface area contributed by atoms with Crippen molar-refractivity contribution in [2.75, 3.05) is 5.32 Å². The minimum Gasteiger partial charge on any atom is -0.322 e. The molecule has 0 aliphatic heterocycles. The second kappa shape index (κ2) is 6.66. The van der Waals surface area contributed by atoms with Crippen molar-refractivity contribution >= 4 is 44.9 Å². The van der Waals surface area contributed by atoms with Crippen LogP contribution in [0.25, 0.3) is 10.2 Å². The average molecular weight is 388 g/mol. The van der Waals surface area contributed by atoms with Gasteiger partial charge in [0.15, 0.2) is 0 Å². The van der Waals surface area contributed by atoms with Crippen LogP contribution in [0.1, 0.15) is 35.2 Å². The SMILES string of the molecule is Cc1nn(C)c(C)c1NC(=O)[C@@H](C)Sc1ncnc2sc3c(c12)CCC3. The Balaban J connectivity index is 1.57. The molecule has 3 heterocycles. The van der Waals surface area contributed by atoms with Crippen LogP contribution >= 0.6 is 23.1 Å². The molecule has 1 aliphatic rings. The highest BCUT2D eigenvalue weighted by Gasteiger charge is 2.24. The molecular formula is C18H21N5OS2. The average Bonchev–Trinajstić information content (AvgIpc) is 3.25. The maximum atomic E-state index is 12.7. The minimum atomic E-state index is -0.260. The quantitative estimate of drug-likeness (QED) is 0.546. The Morgan fingerprint density at radius 1 is 1.35 bits per heavy atom. The lowest BCUT2D eigenvalue weighted by molar-refractivity contribution is -0.115. The number of aryl methyl sites for hydroxylation is 4. The number of thiophene rings is 1. The second-order valence-corrected chi connectivity index (χ2v) is 9.05. The summed E-state index contributed by atoms with van der Waals surface area (Å²) in [7, 11) is 1.88. The number of hydrogen-bond donors (Lipinski definition) is 1. The van der Waals surface area contributed by atoms with E-state index < -0.39 is 0 Å². The van der Waals surface area contributed by atoms with Crippen molar-refractivity contribution in [3.05, 3.63) is 28.2 Å². The van der Waals surface area contributed by atoms with Crippen LogP contribution in [0.2, 0.25) is 0 Å². The monoisotopic (exact) mass is 387 g/mol. The van der Waals surface area contributed by atoms with Gasteiger partial charge in [-0.1, -0.05) is 11.8 Å². The van der Waals surface area contributed by atoms with Crippen molar-refractivity contribution in [3.8, 4) is 0 Å². The summed E-state index contributed by atoms with van der Waals surface area (Å²) < 4.78 is 1.78. The van der Waals surface area contributed by atoms with E-state index in [4.69, 9.17) is 0 Å². The van der Waals surface area contributed by atoms with Crippen LogP contribution in [0.4, 0.5) is 5.69 Å². The first-order chi connectivity index (χ1) is 12.5. The summed E-state index contributed by atoms with van der Waals surface area (Å²) >= 11 is 3.28. The van der Waals surface area contributed by atoms with E-state index in [0.717, 1.165) is 45.2 Å². The molecule has 3 aromatic rings. The zero-order chi connectivity index (χ0) is 18.4. The van der Waals surface area contributed by atoms with Gasteiger partial charge in [-0.2, -0.15) is 5.10 Å². The molecule has 6 nitrogen and oxygen atoms in total. The van der Waals surface area contributed by atoms with Crippen LogP contribution in [-0.2, 0) is 24.7 Å². The fourth-order valence-corrected chi connectivity index (χ4v) is 5.63. The van der Waals surface area contributed by atoms with Crippen LogP contribution in [0.15, 0.2) is 11.4 Å². The number of anilines is 1. The Labute approximate surface area is 160 Å². The molecule has 0 unspecified atom stereocenters. The number of thioether (sulfide) groups is 1. The summed E-state index contributed by atoms with van der Waals surface area (Å²) in [6, 6.07) is 0. The van der Waals surface area contributed by atoms with Gasteiger partial charge < -0.3 is 5.32 Å². The van der Waals surface area contributed by atoms with Gasteiger partial charge in [0.2, 0.25) is 5.91 Å². The van der Waals surface area contributed by atoms with Gasteiger partial charge in [-0.25, -0.2) is 9.97 Å². The predicted octanol–water partition coefficient (Wildman–Crippen LogP) is 3.65. The van der Waals surface area contributed by atoms with Crippen LogP contribution in [-0.4, -0.2) is 30.9 Å². The fourth-order valence-electron chi connectivity index (χ4n) is 3.39. The number of amides is 1. The zero-order valence-corrected chi connectivity index (χ0v) is 16.9. The number of hydrogen-bond acceptors (Lipinski definition) is 6. The Kier molecular flexibility index (Phi) is 4.48. The highest BCUT2D eigenvalue weighted by atomic mass is 32.2. The van der Waals surface area contributed by atoms with Gasteiger partial charge in [-0.15, -0.1) is 11.3 Å². The number of carbonyl (C=O) groups excluding carboxylic acids is 1. The van der Waals surface area contributed by atoms with E-state index in [1.165, 1.54) is 28.6 Å². The van der Waals surface area contributed by atoms with Crippen molar-refractivity contribution < 1.29 is 4.79 Å². The molecule has 26 heavy (non-hydrogen) atoms. The summed E-state index contributed by atoms with van der Waals surface area (Å²) in [5, 5.41) is 9.20. The lowest BCUT2D eigenvalue weighted by Crippen LogP contribution is -2.23. The first-order valence-corrected chi connectivity index (χ1v) is 10.4. The Morgan fingerprint density at radius 3 is 2.88 bits per heavy atom. The molecule has 0 saturated carbocycles. The Morgan fingerprint density at radius 2 is 2.15 bits per heavy atom. The smallest absolute Gasteiger partial charge is 0.237 e. The number of fused-ring (bicyclic) bond motifs is 3. The summed E-state index contributed by atoms with van der Waals surface area (Å²) in [5.41, 5.74) is 3.97. The second-order valence-electron chi connectivity index (χ2n) is 6.64. The highest BCUT2D eigenvalue weighted by molar-refractivity contribution is 8.00. The third-order valence-electron chi connectivity index (χ3n) is 4.88. The van der Waals surface area contributed by atoms with E-state index in [1.807, 2.05) is 27.8 Å². The molecule has 4 rings (SSSR count). The van der Waals surface area contributed by atoms with Gasteiger partial charge in [0.1, 0.15) is 16.2 Å². The molecular weight excluding hydrogens is 366 g/mol. The molecule has 1 atom stereocenters. The van der Waals surface area contributed by atoms with Gasteiger partial charge in [-0.3, -0.25) is 9.48 Å². The number of rotatable bonds is 4. The van der Waals surface area contributed by atoms with Crippen LogP contribution < -0.4 is 5.32 Å². The normalized spacial score (nSPS) is 14.6. The molecule has 0 saturated heterocycles. The van der Waals surface area contributed by atoms with E-state index >= 15 is 0 Å². The molecule has 0 bridgehead atoms. The van der Waals surface area contributed by atoms with E-state index in [-0.39, 0.29) is 11.2 Å². The Hall–Kier alpha value is -1.93. The van der Waals surface area contributed by atoms with E-state index in [0.29, 0.717) is 0 Å². The topological polar surface area (TPSA) is 72.7 Å². The lowest BCUT2D eigenvalue weighted by Gasteiger charge is -2.12. The van der Waals surface area contributed by atoms with Crippen molar-refractivity contribution in [3.63, 3.8) is 0 Å². The minimum absolute atomic E-state index is 0.0344. The largest absolute Gasteiger partial charge is 0.322 e. The van der Waals surface area contributed by atoms with Crippen LogP contribution in [0, 0.1) is 13.8 Å². The van der Waals surface area contributed by atoms with Crippen LogP contribution in [0.5, 0.6) is 0 Å². The molecule has 8 heteroatoms. The summed E-state index contributed by atoms with van der Waals surface area (Å²) in [4.78, 5) is 24.1. The van der Waals surface area contributed by atoms with E-state index in [9.17, 15) is 4.79 Å². The maximum absolute atomic E-state index is 12.7. The van der Waals surface area contributed by atoms with Crippen LogP contribution in [0.3, 0.4) is 0 Å². The molecule has 136 valence electrons. The first kappa shape index (κ1) is 17.5. The van der Waals surface area contributed by atoms with Gasteiger partial charge in [0, 0.05) is 17.3 Å². The standard InChI is InChI=1S/C18H21N5OS2/c1-9-15(10(2)23(4)22-9)21-16(24)11(3)25-17-14-12-6-5-7-13(12)26-18(14)20-8-19-17/h8,11H,5-7H2,1-4H3,(H,21,24)/t11-/m1/s1. The summed E-state index contributed by atoms with van der Waals surface area (Å²) in [6.45, 7) is 5.78. The van der Waals surface area contributed by atoms with Crippen molar-refractivity contribution in [1.29, 1.82) is 0 Å². The number of aromatic nitrogens is 4. The van der Waals surface area contributed by atoms with Crippen molar-refractivity contribution in [2.24, 2.45) is 7.05 Å². The lowest BCUT2D eigenvalue weighted by atomic mass is 10.2. The molecule has 0 fully saturated rings. The van der Waals surface area contributed by atoms with Crippen molar-refractivity contribution in [1.82, 2.24) is 19.7 Å². The molecule has 1 N–H and O–H groups in total.